The molecule has 1 heterocycles. The van der Waals surface area contributed by atoms with E-state index in [0.717, 1.165) is 11.1 Å². The number of nitrogens with one attached hydrogen (secondary N) is 1. The van der Waals surface area contributed by atoms with E-state index in [1.807, 2.05) is 24.3 Å². The SMILES string of the molecule is O=[N+]([O-])c1ccccc1CS.S=c1[nH]c2ccccc2o1. The Balaban J connectivity index is 0.000000154. The Labute approximate surface area is 131 Å². The quantitative estimate of drug-likeness (QED) is 0.315. The zero-order chi connectivity index (χ0) is 15.2. The molecule has 0 fully saturated rings. The van der Waals surface area contributed by atoms with Crippen molar-refractivity contribution in [1.29, 1.82) is 0 Å². The van der Waals surface area contributed by atoms with Gasteiger partial charge in [-0.1, -0.05) is 30.3 Å². The molecule has 0 saturated heterocycles. The molecular formula is C14H12N2O3S2. The second-order valence-electron chi connectivity index (χ2n) is 4.05. The lowest BCUT2D eigenvalue weighted by atomic mass is 10.2. The first-order chi connectivity index (χ1) is 10.1. The molecular weight excluding hydrogens is 308 g/mol. The molecule has 0 bridgehead atoms. The first-order valence-electron chi connectivity index (χ1n) is 6.03. The van der Waals surface area contributed by atoms with E-state index in [1.165, 1.54) is 6.07 Å². The Hall–Kier alpha value is -2.12. The van der Waals surface area contributed by atoms with Crippen LogP contribution in [0.5, 0.6) is 0 Å². The van der Waals surface area contributed by atoms with Crippen molar-refractivity contribution in [1.82, 2.24) is 4.98 Å². The number of rotatable bonds is 2. The number of hydrogen-bond donors (Lipinski definition) is 2. The predicted molar refractivity (Wildman–Crippen MR) is 87.2 cm³/mol. The largest absolute Gasteiger partial charge is 0.429 e. The van der Waals surface area contributed by atoms with Gasteiger partial charge in [-0.05, 0) is 24.4 Å². The van der Waals surface area contributed by atoms with Gasteiger partial charge in [0.2, 0.25) is 0 Å². The second-order valence-corrected chi connectivity index (χ2v) is 4.74. The fourth-order valence-corrected chi connectivity index (χ4v) is 2.18. The van der Waals surface area contributed by atoms with Crippen LogP contribution >= 0.6 is 24.8 Å². The van der Waals surface area contributed by atoms with Crippen LogP contribution in [0.1, 0.15) is 5.56 Å². The number of nitro benzene ring substituents is 1. The van der Waals surface area contributed by atoms with E-state index in [-0.39, 0.29) is 5.69 Å². The van der Waals surface area contributed by atoms with Crippen molar-refractivity contribution in [3.8, 4) is 0 Å². The molecule has 0 saturated carbocycles. The van der Waals surface area contributed by atoms with Crippen molar-refractivity contribution in [2.24, 2.45) is 0 Å². The van der Waals surface area contributed by atoms with Crippen LogP contribution < -0.4 is 0 Å². The van der Waals surface area contributed by atoms with E-state index in [4.69, 9.17) is 16.6 Å². The van der Waals surface area contributed by atoms with Crippen molar-refractivity contribution in [2.45, 2.75) is 5.75 Å². The van der Waals surface area contributed by atoms with Crippen LogP contribution in [0, 0.1) is 15.0 Å². The summed E-state index contributed by atoms with van der Waals surface area (Å²) in [5, 5.41) is 10.4. The average Bonchev–Trinajstić information content (AvgIpc) is 2.87. The van der Waals surface area contributed by atoms with E-state index in [0.29, 0.717) is 16.2 Å². The molecule has 3 aromatic rings. The number of aromatic amines is 1. The van der Waals surface area contributed by atoms with E-state index in [1.54, 1.807) is 18.2 Å². The third-order valence-electron chi connectivity index (χ3n) is 2.69. The molecule has 2 aromatic carbocycles. The molecule has 0 radical (unpaired) electrons. The molecule has 0 unspecified atom stereocenters. The number of para-hydroxylation sites is 3. The monoisotopic (exact) mass is 320 g/mol. The fourth-order valence-electron chi connectivity index (χ4n) is 1.72. The Morgan fingerprint density at radius 3 is 2.48 bits per heavy atom. The highest BCUT2D eigenvalue weighted by Gasteiger charge is 2.09. The number of fused-ring (bicyclic) bond motifs is 1. The number of aromatic nitrogens is 1. The highest BCUT2D eigenvalue weighted by Crippen LogP contribution is 2.18. The normalized spacial score (nSPS) is 9.95. The van der Waals surface area contributed by atoms with E-state index >= 15 is 0 Å². The lowest BCUT2D eigenvalue weighted by Crippen LogP contribution is -1.91. The number of nitrogens with zero attached hydrogens (tertiary/aromatic N) is 1. The minimum atomic E-state index is -0.397. The standard InChI is InChI=1S/C7H7NO2S.C7H5NOS/c9-8(10)7-4-2-1-3-6(7)5-11;10-7-8-5-3-1-2-4-6(5)9-7/h1-4,11H,5H2;1-4H,(H,8,10). The van der Waals surface area contributed by atoms with Gasteiger partial charge in [0.25, 0.3) is 10.5 Å². The molecule has 1 aromatic heterocycles. The first-order valence-corrected chi connectivity index (χ1v) is 7.07. The smallest absolute Gasteiger partial charge is 0.273 e. The van der Waals surface area contributed by atoms with Gasteiger partial charge in [-0.3, -0.25) is 10.1 Å². The van der Waals surface area contributed by atoms with Gasteiger partial charge >= 0.3 is 0 Å². The summed E-state index contributed by atoms with van der Waals surface area (Å²) in [5.41, 5.74) is 2.56. The van der Waals surface area contributed by atoms with Crippen molar-refractivity contribution >= 4 is 41.6 Å². The molecule has 1 N–H and O–H groups in total. The molecule has 5 nitrogen and oxygen atoms in total. The van der Waals surface area contributed by atoms with Crippen molar-refractivity contribution in [3.63, 3.8) is 0 Å². The van der Waals surface area contributed by atoms with Crippen LogP contribution in [0.4, 0.5) is 5.69 Å². The summed E-state index contributed by atoms with van der Waals surface area (Å²) in [5.74, 6) is 0.400. The number of H-pyrrole nitrogens is 1. The zero-order valence-electron chi connectivity index (χ0n) is 10.9. The maximum absolute atomic E-state index is 10.4. The number of hydrogen-bond acceptors (Lipinski definition) is 5. The van der Waals surface area contributed by atoms with E-state index < -0.39 is 4.92 Å². The average molecular weight is 320 g/mol. The van der Waals surface area contributed by atoms with Gasteiger partial charge in [0.1, 0.15) is 0 Å². The van der Waals surface area contributed by atoms with Gasteiger partial charge in [-0.2, -0.15) is 12.6 Å². The van der Waals surface area contributed by atoms with Crippen LogP contribution in [0.2, 0.25) is 0 Å². The molecule has 3 rings (SSSR count). The predicted octanol–water partition coefficient (Wildman–Crippen LogP) is 4.51. The van der Waals surface area contributed by atoms with Crippen molar-refractivity contribution in [3.05, 3.63) is 69.0 Å². The number of oxazole rings is 1. The summed E-state index contributed by atoms with van der Waals surface area (Å²) in [6, 6.07) is 14.2. The Bertz CT molecular complexity index is 775. The molecule has 21 heavy (non-hydrogen) atoms. The first kappa shape index (κ1) is 15.3. The van der Waals surface area contributed by atoms with Gasteiger partial charge in [0.15, 0.2) is 5.58 Å². The van der Waals surface area contributed by atoms with Gasteiger partial charge in [0, 0.05) is 17.4 Å². The molecule has 0 aliphatic rings. The fraction of sp³-hybridized carbons (Fsp3) is 0.0714. The van der Waals surface area contributed by atoms with Crippen molar-refractivity contribution in [2.75, 3.05) is 0 Å². The van der Waals surface area contributed by atoms with Gasteiger partial charge in [0.05, 0.1) is 10.4 Å². The molecule has 7 heteroatoms. The topological polar surface area (TPSA) is 72.1 Å². The molecule has 0 spiro atoms. The van der Waals surface area contributed by atoms with Crippen LogP contribution in [-0.4, -0.2) is 9.91 Å². The Morgan fingerprint density at radius 2 is 1.86 bits per heavy atom. The van der Waals surface area contributed by atoms with Gasteiger partial charge in [-0.15, -0.1) is 0 Å². The summed E-state index contributed by atoms with van der Waals surface area (Å²) in [6.45, 7) is 0. The number of nitro groups is 1. The lowest BCUT2D eigenvalue weighted by molar-refractivity contribution is -0.385. The van der Waals surface area contributed by atoms with Crippen molar-refractivity contribution < 1.29 is 9.34 Å². The third kappa shape index (κ3) is 3.93. The summed E-state index contributed by atoms with van der Waals surface area (Å²) >= 11 is 8.76. The minimum absolute atomic E-state index is 0.141. The van der Waals surface area contributed by atoms with Crippen LogP contribution in [0.25, 0.3) is 11.1 Å². The van der Waals surface area contributed by atoms with E-state index in [2.05, 4.69) is 17.6 Å². The Kier molecular flexibility index (Phi) is 5.13. The number of benzene rings is 2. The minimum Gasteiger partial charge on any atom is -0.429 e. The summed E-state index contributed by atoms with van der Waals surface area (Å²) in [4.78, 5) is 13.3. The summed E-state index contributed by atoms with van der Waals surface area (Å²) < 4.78 is 5.13. The lowest BCUT2D eigenvalue weighted by Gasteiger charge is -1.96. The van der Waals surface area contributed by atoms with E-state index in [9.17, 15) is 10.1 Å². The van der Waals surface area contributed by atoms with Crippen LogP contribution in [0.15, 0.2) is 52.9 Å². The number of thiol groups is 1. The van der Waals surface area contributed by atoms with Crippen LogP contribution in [0.3, 0.4) is 0 Å². The molecule has 0 atom stereocenters. The maximum Gasteiger partial charge on any atom is 0.273 e. The maximum atomic E-state index is 10.4. The highest BCUT2D eigenvalue weighted by atomic mass is 32.1. The Morgan fingerprint density at radius 1 is 1.19 bits per heavy atom. The zero-order valence-corrected chi connectivity index (χ0v) is 12.6. The third-order valence-corrected chi connectivity index (χ3v) is 3.21. The van der Waals surface area contributed by atoms with Crippen LogP contribution in [-0.2, 0) is 5.75 Å². The highest BCUT2D eigenvalue weighted by molar-refractivity contribution is 7.79. The molecule has 108 valence electrons. The summed E-state index contributed by atoms with van der Waals surface area (Å²) in [7, 11) is 0. The second kappa shape index (κ2) is 7.05. The van der Waals surface area contributed by atoms with Gasteiger partial charge in [-0.25, -0.2) is 0 Å². The van der Waals surface area contributed by atoms with Gasteiger partial charge < -0.3 is 9.40 Å². The summed E-state index contributed by atoms with van der Waals surface area (Å²) in [6.07, 6.45) is 0. The molecule has 0 aliphatic heterocycles. The molecule has 0 aliphatic carbocycles. The molecule has 0 amide bonds.